The molecule has 0 aromatic heterocycles. The van der Waals surface area contributed by atoms with E-state index < -0.39 is 0 Å². The van der Waals surface area contributed by atoms with Crippen LogP contribution in [0.5, 0.6) is 0 Å². The van der Waals surface area contributed by atoms with Crippen LogP contribution < -0.4 is 5.32 Å². The van der Waals surface area contributed by atoms with Gasteiger partial charge in [-0.15, -0.1) is 11.8 Å². The lowest BCUT2D eigenvalue weighted by Crippen LogP contribution is -2.32. The smallest absolute Gasteiger partial charge is 0.0106 e. The van der Waals surface area contributed by atoms with Gasteiger partial charge in [0.2, 0.25) is 0 Å². The van der Waals surface area contributed by atoms with Crippen molar-refractivity contribution >= 4 is 11.8 Å². The van der Waals surface area contributed by atoms with Gasteiger partial charge in [0.15, 0.2) is 0 Å². The minimum Gasteiger partial charge on any atom is -0.313 e. The zero-order chi connectivity index (χ0) is 11.1. The van der Waals surface area contributed by atoms with Crippen LogP contribution in [0.2, 0.25) is 0 Å². The third-order valence-corrected chi connectivity index (χ3v) is 4.17. The summed E-state index contributed by atoms with van der Waals surface area (Å²) in [6, 6.07) is 11.5. The molecule has 0 amide bonds. The molecule has 2 heteroatoms. The van der Waals surface area contributed by atoms with E-state index in [1.165, 1.54) is 42.8 Å². The quantitative estimate of drug-likeness (QED) is 0.617. The van der Waals surface area contributed by atoms with Gasteiger partial charge < -0.3 is 5.32 Å². The first-order valence-electron chi connectivity index (χ1n) is 6.36. The van der Waals surface area contributed by atoms with E-state index >= 15 is 0 Å². The van der Waals surface area contributed by atoms with Crippen LogP contribution in [0.3, 0.4) is 0 Å². The molecular weight excluding hydrogens is 214 g/mol. The number of thioether (sulfide) groups is 1. The largest absolute Gasteiger partial charge is 0.313 e. The van der Waals surface area contributed by atoms with Crippen molar-refractivity contribution in [1.29, 1.82) is 0 Å². The topological polar surface area (TPSA) is 12.0 Å². The molecule has 1 N–H and O–H groups in total. The third kappa shape index (κ3) is 4.18. The van der Waals surface area contributed by atoms with E-state index in [2.05, 4.69) is 35.6 Å². The monoisotopic (exact) mass is 235 g/mol. The number of nitrogens with one attached hydrogen (secondary N) is 1. The Morgan fingerprint density at radius 1 is 1.06 bits per heavy atom. The fraction of sp³-hybridized carbons (Fsp3) is 0.571. The van der Waals surface area contributed by atoms with Crippen molar-refractivity contribution in [3.63, 3.8) is 0 Å². The maximum absolute atomic E-state index is 3.67. The molecule has 0 atom stereocenters. The van der Waals surface area contributed by atoms with Crippen molar-refractivity contribution in [1.82, 2.24) is 5.32 Å². The zero-order valence-corrected chi connectivity index (χ0v) is 10.6. The average molecular weight is 235 g/mol. The van der Waals surface area contributed by atoms with Gasteiger partial charge >= 0.3 is 0 Å². The second-order valence-corrected chi connectivity index (χ2v) is 5.62. The van der Waals surface area contributed by atoms with Gasteiger partial charge in [0.25, 0.3) is 0 Å². The summed E-state index contributed by atoms with van der Waals surface area (Å²) in [6.07, 6.45) is 7.05. The Kier molecular flexibility index (Phi) is 5.23. The highest BCUT2D eigenvalue weighted by Gasteiger charge is 2.11. The minimum absolute atomic E-state index is 0.796. The molecule has 1 aromatic rings. The zero-order valence-electron chi connectivity index (χ0n) is 9.82. The summed E-state index contributed by atoms with van der Waals surface area (Å²) in [4.78, 5) is 1.38. The molecule has 1 nitrogen and oxygen atoms in total. The lowest BCUT2D eigenvalue weighted by molar-refractivity contribution is 0.381. The van der Waals surface area contributed by atoms with Crippen LogP contribution in [0, 0.1) is 0 Å². The van der Waals surface area contributed by atoms with E-state index in [0.717, 1.165) is 12.6 Å². The van der Waals surface area contributed by atoms with E-state index in [-0.39, 0.29) is 0 Å². The molecule has 16 heavy (non-hydrogen) atoms. The van der Waals surface area contributed by atoms with Crippen molar-refractivity contribution in [2.24, 2.45) is 0 Å². The van der Waals surface area contributed by atoms with Crippen molar-refractivity contribution in [2.45, 2.75) is 43.0 Å². The molecule has 1 saturated carbocycles. The molecule has 0 bridgehead atoms. The highest BCUT2D eigenvalue weighted by atomic mass is 32.2. The van der Waals surface area contributed by atoms with Crippen molar-refractivity contribution in [2.75, 3.05) is 12.3 Å². The normalized spacial score (nSPS) is 17.5. The summed E-state index contributed by atoms with van der Waals surface area (Å²) >= 11 is 1.95. The SMILES string of the molecule is c1ccc(SCCNC2CCCCC2)cc1. The third-order valence-electron chi connectivity index (χ3n) is 3.15. The molecule has 1 aliphatic rings. The molecule has 2 rings (SSSR count). The Morgan fingerprint density at radius 3 is 2.56 bits per heavy atom. The van der Waals surface area contributed by atoms with Gasteiger partial charge in [-0.2, -0.15) is 0 Å². The molecule has 0 saturated heterocycles. The van der Waals surface area contributed by atoms with Crippen LogP contribution in [-0.4, -0.2) is 18.3 Å². The fourth-order valence-electron chi connectivity index (χ4n) is 2.26. The van der Waals surface area contributed by atoms with Gasteiger partial charge in [0.1, 0.15) is 0 Å². The summed E-state index contributed by atoms with van der Waals surface area (Å²) in [5, 5.41) is 3.67. The van der Waals surface area contributed by atoms with Gasteiger partial charge in [0.05, 0.1) is 0 Å². The van der Waals surface area contributed by atoms with E-state index in [4.69, 9.17) is 0 Å². The second-order valence-electron chi connectivity index (χ2n) is 4.45. The Labute approximate surface area is 103 Å². The first-order chi connectivity index (χ1) is 7.95. The summed E-state index contributed by atoms with van der Waals surface area (Å²) in [6.45, 7) is 1.14. The van der Waals surface area contributed by atoms with Crippen LogP contribution in [0.4, 0.5) is 0 Å². The van der Waals surface area contributed by atoms with Crippen molar-refractivity contribution in [3.8, 4) is 0 Å². The minimum atomic E-state index is 0.796. The van der Waals surface area contributed by atoms with Gasteiger partial charge in [-0.3, -0.25) is 0 Å². The van der Waals surface area contributed by atoms with Gasteiger partial charge in [-0.1, -0.05) is 37.5 Å². The number of rotatable bonds is 5. The second kappa shape index (κ2) is 6.97. The highest BCUT2D eigenvalue weighted by Crippen LogP contribution is 2.18. The lowest BCUT2D eigenvalue weighted by Gasteiger charge is -2.22. The standard InChI is InChI=1S/C14H21NS/c1-3-7-13(8-4-1)15-11-12-16-14-9-5-2-6-10-14/h2,5-6,9-10,13,15H,1,3-4,7-8,11-12H2. The predicted molar refractivity (Wildman–Crippen MR) is 72.0 cm³/mol. The maximum atomic E-state index is 3.67. The van der Waals surface area contributed by atoms with Crippen LogP contribution in [0.1, 0.15) is 32.1 Å². The molecule has 1 fully saturated rings. The number of hydrogen-bond donors (Lipinski definition) is 1. The molecular formula is C14H21NS. The molecule has 0 heterocycles. The summed E-state index contributed by atoms with van der Waals surface area (Å²) < 4.78 is 0. The number of benzene rings is 1. The molecule has 1 aliphatic carbocycles. The van der Waals surface area contributed by atoms with Crippen molar-refractivity contribution < 1.29 is 0 Å². The van der Waals surface area contributed by atoms with Gasteiger partial charge in [0, 0.05) is 23.2 Å². The first kappa shape index (κ1) is 12.0. The average Bonchev–Trinajstić information content (AvgIpc) is 2.37. The van der Waals surface area contributed by atoms with Crippen LogP contribution in [-0.2, 0) is 0 Å². The van der Waals surface area contributed by atoms with Gasteiger partial charge in [-0.05, 0) is 25.0 Å². The molecule has 0 aliphatic heterocycles. The van der Waals surface area contributed by atoms with Gasteiger partial charge in [-0.25, -0.2) is 0 Å². The van der Waals surface area contributed by atoms with Crippen molar-refractivity contribution in [3.05, 3.63) is 30.3 Å². The molecule has 0 spiro atoms. The predicted octanol–water partition coefficient (Wildman–Crippen LogP) is 3.70. The Hall–Kier alpha value is -0.470. The molecule has 0 radical (unpaired) electrons. The Morgan fingerprint density at radius 2 is 1.81 bits per heavy atom. The molecule has 1 aromatic carbocycles. The van der Waals surface area contributed by atoms with Crippen LogP contribution in [0.15, 0.2) is 35.2 Å². The lowest BCUT2D eigenvalue weighted by atomic mass is 9.96. The highest BCUT2D eigenvalue weighted by molar-refractivity contribution is 7.99. The Balaban J connectivity index is 1.58. The van der Waals surface area contributed by atoms with E-state index in [9.17, 15) is 0 Å². The van der Waals surface area contributed by atoms with E-state index in [1.54, 1.807) is 0 Å². The summed E-state index contributed by atoms with van der Waals surface area (Å²) in [5.74, 6) is 1.18. The maximum Gasteiger partial charge on any atom is 0.0106 e. The fourth-order valence-corrected chi connectivity index (χ4v) is 3.06. The molecule has 0 unspecified atom stereocenters. The van der Waals surface area contributed by atoms with E-state index in [1.807, 2.05) is 11.8 Å². The summed E-state index contributed by atoms with van der Waals surface area (Å²) in [7, 11) is 0. The Bertz CT molecular complexity index is 280. The van der Waals surface area contributed by atoms with E-state index in [0.29, 0.717) is 0 Å². The first-order valence-corrected chi connectivity index (χ1v) is 7.35. The van der Waals surface area contributed by atoms with Crippen LogP contribution in [0.25, 0.3) is 0 Å². The van der Waals surface area contributed by atoms with Crippen LogP contribution >= 0.6 is 11.8 Å². The molecule has 88 valence electrons. The summed E-state index contributed by atoms with van der Waals surface area (Å²) in [5.41, 5.74) is 0. The number of hydrogen-bond acceptors (Lipinski definition) is 2.